The molecule has 1 aromatic rings. The maximum atomic E-state index is 11.0. The van der Waals surface area contributed by atoms with Gasteiger partial charge in [-0.05, 0) is 45.7 Å². The van der Waals surface area contributed by atoms with Crippen molar-refractivity contribution in [2.45, 2.75) is 32.7 Å². The van der Waals surface area contributed by atoms with Crippen molar-refractivity contribution in [3.8, 4) is 5.75 Å². The molecule has 2 unspecified atom stereocenters. The molecular weight excluding hydrogens is 270 g/mol. The van der Waals surface area contributed by atoms with Gasteiger partial charge in [0.25, 0.3) is 5.69 Å². The molecule has 0 spiro atoms. The molecule has 0 aromatic heterocycles. The molecule has 1 saturated heterocycles. The largest absolute Gasteiger partial charge is 0.494 e. The summed E-state index contributed by atoms with van der Waals surface area (Å²) in [7, 11) is 0. The van der Waals surface area contributed by atoms with Gasteiger partial charge < -0.3 is 15.4 Å². The Kier molecular flexibility index (Phi) is 5.38. The number of nitrogens with zero attached hydrogens (tertiary/aromatic N) is 1. The van der Waals surface area contributed by atoms with Gasteiger partial charge >= 0.3 is 0 Å². The number of nitrogens with one attached hydrogen (secondary N) is 2. The molecular formula is C15H23N3O3. The Hall–Kier alpha value is -1.82. The SMILES string of the molecule is CCOc1cc(NC(C)C2CCCNC2)cc([N+](=O)[O-])c1. The molecule has 2 N–H and O–H groups in total. The molecule has 6 heteroatoms. The first-order valence-corrected chi connectivity index (χ1v) is 7.49. The van der Waals surface area contributed by atoms with E-state index in [0.717, 1.165) is 18.8 Å². The molecule has 1 aliphatic heterocycles. The zero-order valence-corrected chi connectivity index (χ0v) is 12.6. The average Bonchev–Trinajstić information content (AvgIpc) is 2.48. The maximum Gasteiger partial charge on any atom is 0.275 e. The maximum absolute atomic E-state index is 11.0. The van der Waals surface area contributed by atoms with Crippen LogP contribution in [0.4, 0.5) is 11.4 Å². The minimum atomic E-state index is -0.388. The molecule has 0 aliphatic carbocycles. The summed E-state index contributed by atoms with van der Waals surface area (Å²) in [6, 6.07) is 5.11. The van der Waals surface area contributed by atoms with Crippen molar-refractivity contribution in [1.29, 1.82) is 0 Å². The van der Waals surface area contributed by atoms with E-state index in [2.05, 4.69) is 17.6 Å². The van der Waals surface area contributed by atoms with Crippen molar-refractivity contribution in [3.05, 3.63) is 28.3 Å². The normalized spacial score (nSPS) is 19.8. The van der Waals surface area contributed by atoms with Crippen molar-refractivity contribution in [2.75, 3.05) is 25.0 Å². The number of anilines is 1. The number of benzene rings is 1. The quantitative estimate of drug-likeness (QED) is 0.623. The minimum Gasteiger partial charge on any atom is -0.494 e. The molecule has 0 radical (unpaired) electrons. The second kappa shape index (κ2) is 7.26. The van der Waals surface area contributed by atoms with Gasteiger partial charge in [0.2, 0.25) is 0 Å². The predicted molar refractivity (Wildman–Crippen MR) is 82.9 cm³/mol. The van der Waals surface area contributed by atoms with Crippen molar-refractivity contribution in [3.63, 3.8) is 0 Å². The van der Waals surface area contributed by atoms with E-state index in [0.29, 0.717) is 18.3 Å². The molecule has 116 valence electrons. The molecule has 1 aliphatic rings. The highest BCUT2D eigenvalue weighted by Gasteiger charge is 2.20. The number of nitro groups is 1. The number of hydrogen-bond donors (Lipinski definition) is 2. The number of ether oxygens (including phenoxy) is 1. The topological polar surface area (TPSA) is 76.4 Å². The van der Waals surface area contributed by atoms with E-state index in [9.17, 15) is 10.1 Å². The van der Waals surface area contributed by atoms with Gasteiger partial charge in [-0.2, -0.15) is 0 Å². The van der Waals surface area contributed by atoms with Gasteiger partial charge in [0, 0.05) is 23.9 Å². The third-order valence-corrected chi connectivity index (χ3v) is 3.85. The number of nitro benzene ring substituents is 1. The van der Waals surface area contributed by atoms with Gasteiger partial charge in [-0.25, -0.2) is 0 Å². The molecule has 2 rings (SSSR count). The summed E-state index contributed by atoms with van der Waals surface area (Å²) in [6.45, 7) is 6.54. The Morgan fingerprint density at radius 3 is 2.95 bits per heavy atom. The molecule has 1 fully saturated rings. The first-order chi connectivity index (χ1) is 10.1. The van der Waals surface area contributed by atoms with Gasteiger partial charge in [-0.15, -0.1) is 0 Å². The van der Waals surface area contributed by atoms with E-state index < -0.39 is 0 Å². The second-order valence-electron chi connectivity index (χ2n) is 5.45. The lowest BCUT2D eigenvalue weighted by Gasteiger charge is -2.29. The van der Waals surface area contributed by atoms with Gasteiger partial charge in [0.05, 0.1) is 17.6 Å². The van der Waals surface area contributed by atoms with E-state index in [1.54, 1.807) is 6.07 Å². The van der Waals surface area contributed by atoms with Crippen LogP contribution in [-0.4, -0.2) is 30.7 Å². The molecule has 21 heavy (non-hydrogen) atoms. The lowest BCUT2D eigenvalue weighted by Crippen LogP contribution is -2.38. The summed E-state index contributed by atoms with van der Waals surface area (Å²) in [5, 5.41) is 17.8. The van der Waals surface area contributed by atoms with Gasteiger partial charge in [0.1, 0.15) is 5.75 Å². The van der Waals surface area contributed by atoms with Crippen molar-refractivity contribution in [2.24, 2.45) is 5.92 Å². The molecule has 0 bridgehead atoms. The van der Waals surface area contributed by atoms with Gasteiger partial charge in [0.15, 0.2) is 0 Å². The van der Waals surface area contributed by atoms with Gasteiger partial charge in [-0.3, -0.25) is 10.1 Å². The van der Waals surface area contributed by atoms with Crippen LogP contribution in [0.5, 0.6) is 5.75 Å². The summed E-state index contributed by atoms with van der Waals surface area (Å²) < 4.78 is 5.41. The van der Waals surface area contributed by atoms with Crippen LogP contribution in [0, 0.1) is 16.0 Å². The number of hydrogen-bond acceptors (Lipinski definition) is 5. The monoisotopic (exact) mass is 293 g/mol. The van der Waals surface area contributed by atoms with Gasteiger partial charge in [-0.1, -0.05) is 0 Å². The van der Waals surface area contributed by atoms with Crippen LogP contribution in [0.3, 0.4) is 0 Å². The van der Waals surface area contributed by atoms with E-state index in [1.165, 1.54) is 18.9 Å². The summed E-state index contributed by atoms with van der Waals surface area (Å²) >= 11 is 0. The Labute approximate surface area is 125 Å². The second-order valence-corrected chi connectivity index (χ2v) is 5.45. The van der Waals surface area contributed by atoms with E-state index in [1.807, 2.05) is 13.0 Å². The Morgan fingerprint density at radius 1 is 1.52 bits per heavy atom. The summed E-state index contributed by atoms with van der Waals surface area (Å²) in [5.41, 5.74) is 0.795. The lowest BCUT2D eigenvalue weighted by molar-refractivity contribution is -0.384. The number of non-ortho nitro benzene ring substituents is 1. The summed E-state index contributed by atoms with van der Waals surface area (Å²) in [6.07, 6.45) is 2.35. The highest BCUT2D eigenvalue weighted by molar-refractivity contribution is 5.56. The van der Waals surface area contributed by atoms with Crippen LogP contribution >= 0.6 is 0 Å². The minimum absolute atomic E-state index is 0.0532. The fourth-order valence-electron chi connectivity index (χ4n) is 2.71. The standard InChI is InChI=1S/C15H23N3O3/c1-3-21-15-8-13(7-14(9-15)18(19)20)17-11(2)12-5-4-6-16-10-12/h7-9,11-12,16-17H,3-6,10H2,1-2H3. The van der Waals surface area contributed by atoms with E-state index in [4.69, 9.17) is 4.74 Å². The van der Waals surface area contributed by atoms with E-state index in [-0.39, 0.29) is 16.7 Å². The predicted octanol–water partition coefficient (Wildman–Crippen LogP) is 2.79. The lowest BCUT2D eigenvalue weighted by atomic mass is 9.92. The molecule has 1 aromatic carbocycles. The molecule has 1 heterocycles. The van der Waals surface area contributed by atoms with Crippen LogP contribution in [0.15, 0.2) is 18.2 Å². The van der Waals surface area contributed by atoms with Crippen LogP contribution in [0.2, 0.25) is 0 Å². The van der Waals surface area contributed by atoms with Crippen LogP contribution < -0.4 is 15.4 Å². The zero-order chi connectivity index (χ0) is 15.2. The molecule has 6 nitrogen and oxygen atoms in total. The molecule has 0 saturated carbocycles. The smallest absolute Gasteiger partial charge is 0.275 e. The Balaban J connectivity index is 2.11. The van der Waals surface area contributed by atoms with Crippen molar-refractivity contribution in [1.82, 2.24) is 5.32 Å². The van der Waals surface area contributed by atoms with Crippen molar-refractivity contribution < 1.29 is 9.66 Å². The van der Waals surface area contributed by atoms with Crippen LogP contribution in [0.25, 0.3) is 0 Å². The molecule has 2 atom stereocenters. The van der Waals surface area contributed by atoms with Crippen LogP contribution in [-0.2, 0) is 0 Å². The number of piperidine rings is 1. The first kappa shape index (κ1) is 15.6. The fourth-order valence-corrected chi connectivity index (χ4v) is 2.71. The van der Waals surface area contributed by atoms with Crippen molar-refractivity contribution >= 4 is 11.4 Å². The fraction of sp³-hybridized carbons (Fsp3) is 0.600. The third kappa shape index (κ3) is 4.32. The third-order valence-electron chi connectivity index (χ3n) is 3.85. The summed E-state index contributed by atoms with van der Waals surface area (Å²) in [4.78, 5) is 10.6. The highest BCUT2D eigenvalue weighted by atomic mass is 16.6. The molecule has 0 amide bonds. The van der Waals surface area contributed by atoms with Crippen LogP contribution in [0.1, 0.15) is 26.7 Å². The highest BCUT2D eigenvalue weighted by Crippen LogP contribution is 2.28. The Morgan fingerprint density at radius 2 is 2.33 bits per heavy atom. The average molecular weight is 293 g/mol. The first-order valence-electron chi connectivity index (χ1n) is 7.49. The van der Waals surface area contributed by atoms with E-state index >= 15 is 0 Å². The Bertz CT molecular complexity index is 487. The summed E-state index contributed by atoms with van der Waals surface area (Å²) in [5.74, 6) is 1.07. The zero-order valence-electron chi connectivity index (χ0n) is 12.6. The number of rotatable bonds is 6.